The molecule has 14 nitrogen and oxygen atoms in total. The fourth-order valence-electron chi connectivity index (χ4n) is 9.72. The largest absolute Gasteiger partial charge is 0.481 e. The molecule has 0 bridgehead atoms. The predicted octanol–water partition coefficient (Wildman–Crippen LogP) is 6.16. The number of carbonyl (C=O) groups excluding carboxylic acids is 4. The van der Waals surface area contributed by atoms with E-state index in [0.29, 0.717) is 6.42 Å². The molecule has 0 saturated heterocycles. The lowest BCUT2D eigenvalue weighted by molar-refractivity contribution is -0.225. The van der Waals surface area contributed by atoms with E-state index in [-0.39, 0.29) is 43.3 Å². The molecule has 0 spiro atoms. The zero-order chi connectivity index (χ0) is 42.0. The zero-order valence-electron chi connectivity index (χ0n) is 32.2. The number of ketones is 1. The van der Waals surface area contributed by atoms with E-state index in [4.69, 9.17) is 18.5 Å². The van der Waals surface area contributed by atoms with E-state index in [1.807, 2.05) is 0 Å². The highest BCUT2D eigenvalue weighted by Gasteiger charge is 2.79. The van der Waals surface area contributed by atoms with Gasteiger partial charge in [-0.3, -0.25) is 28.2 Å². The second kappa shape index (κ2) is 17.7. The van der Waals surface area contributed by atoms with Gasteiger partial charge in [0.05, 0.1) is 6.61 Å². The molecule has 0 aromatic carbocycles. The number of halogens is 3. The Morgan fingerprint density at radius 3 is 2.54 bits per heavy atom. The summed E-state index contributed by atoms with van der Waals surface area (Å²) in [6.07, 6.45) is 1.45. The van der Waals surface area contributed by atoms with Crippen molar-refractivity contribution in [1.29, 1.82) is 0 Å². The van der Waals surface area contributed by atoms with Gasteiger partial charge in [0.25, 0.3) is 0 Å². The molecule has 5 aliphatic carbocycles. The Morgan fingerprint density at radius 1 is 1.11 bits per heavy atom. The predicted molar refractivity (Wildman–Crippen MR) is 200 cm³/mol. The highest BCUT2D eigenvalue weighted by molar-refractivity contribution is 8.13. The molecule has 0 aliphatic heterocycles. The Balaban J connectivity index is 1.39. The first-order valence-electron chi connectivity index (χ1n) is 19.0. The summed E-state index contributed by atoms with van der Waals surface area (Å²) in [5.74, 6) is 0.608. The summed E-state index contributed by atoms with van der Waals surface area (Å²) in [5, 5.41) is 1.50. The molecule has 0 aromatic heterocycles. The van der Waals surface area contributed by atoms with E-state index in [0.717, 1.165) is 43.9 Å². The minimum Gasteiger partial charge on any atom is -0.449 e. The van der Waals surface area contributed by atoms with Crippen molar-refractivity contribution in [2.75, 3.05) is 25.8 Å². The van der Waals surface area contributed by atoms with Crippen LogP contribution in [-0.4, -0.2) is 88.0 Å². The van der Waals surface area contributed by atoms with Crippen LogP contribution >= 0.6 is 27.4 Å². The minimum absolute atomic E-state index is 0.00998. The van der Waals surface area contributed by atoms with Crippen LogP contribution in [0.25, 0.3) is 0 Å². The lowest BCUT2D eigenvalue weighted by atomic mass is 9.44. The van der Waals surface area contributed by atoms with E-state index in [2.05, 4.69) is 21.5 Å². The summed E-state index contributed by atoms with van der Waals surface area (Å²) in [4.78, 5) is 73.0. The number of alkyl halides is 3. The fourth-order valence-corrected chi connectivity index (χ4v) is 12.8. The standard InChI is InChI=1S/C37H50F3NO13P2S/c1-5-32(44)52-37(33(45)57-22-38)23(2)17-26-27-19-29(39)28-18-24(42)13-14-34(28,3)36(27,40)30(20-35(26,37)4)53-56(48,49)54-55(46,47)51-16-15-41-31(43)21-50-25-11-9-7-6-8-10-12-25/h13-14,18,23,25-27,29-30H,5-9,11,15-17,19-22H2,1-4H3,(H,41,43)(H,46,47)(H,48,49)/t23-,25?,26+,27+,29+,30+,34+,35+,36+,37+/m1/s1. The first-order valence-corrected chi connectivity index (χ1v) is 23.0. The number of phosphoric acid groups is 2. The number of hydrogen-bond acceptors (Lipinski definition) is 12. The van der Waals surface area contributed by atoms with Gasteiger partial charge in [-0.05, 0) is 80.9 Å². The van der Waals surface area contributed by atoms with E-state index in [9.17, 15) is 42.5 Å². The number of esters is 1. The number of thioether (sulfide) groups is 1. The maximum atomic E-state index is 18.6. The van der Waals surface area contributed by atoms with Crippen LogP contribution in [0.4, 0.5) is 13.2 Å². The number of phosphoric ester groups is 2. The van der Waals surface area contributed by atoms with Crippen LogP contribution in [0.1, 0.15) is 85.5 Å². The van der Waals surface area contributed by atoms with Crippen molar-refractivity contribution in [3.8, 4) is 11.8 Å². The molecule has 0 aromatic rings. The molecule has 3 unspecified atom stereocenters. The molecule has 0 radical (unpaired) electrons. The third-order valence-electron chi connectivity index (χ3n) is 12.3. The molecular formula is C37H50F3NO13P2S. The lowest BCUT2D eigenvalue weighted by Gasteiger charge is -2.63. The Bertz CT molecular complexity index is 1820. The molecule has 5 aliphatic rings. The second-order valence-corrected chi connectivity index (χ2v) is 19.5. The average Bonchev–Trinajstić information content (AvgIpc) is 3.33. The second-order valence-electron chi connectivity index (χ2n) is 15.6. The Morgan fingerprint density at radius 2 is 1.84 bits per heavy atom. The number of amides is 1. The summed E-state index contributed by atoms with van der Waals surface area (Å²) in [7, 11) is -11.3. The lowest BCUT2D eigenvalue weighted by Crippen LogP contribution is -2.71. The van der Waals surface area contributed by atoms with Gasteiger partial charge in [0.15, 0.2) is 17.1 Å². The molecule has 12 atom stereocenters. The van der Waals surface area contributed by atoms with Gasteiger partial charge in [0, 0.05) is 42.1 Å². The SMILES string of the molecule is CCC(=O)O[C@]1(C(=O)SCF)[C@H](C)C[C@H]2[C@@H]3C[C@H](F)C4=CC(=O)C=C[C@]4(C)[C@@]3(F)[C@@H](OP(=O)(O)OP(=O)(O)OCCNC(=O)COC3C#CCCCCC3)C[C@@]21C. The molecule has 20 heteroatoms. The number of hydrogen-bond donors (Lipinski definition) is 3. The maximum absolute atomic E-state index is 18.6. The van der Waals surface area contributed by atoms with Crippen LogP contribution in [0, 0.1) is 40.4 Å². The number of ether oxygens (including phenoxy) is 2. The van der Waals surface area contributed by atoms with Crippen LogP contribution in [0.3, 0.4) is 0 Å². The van der Waals surface area contributed by atoms with Crippen molar-refractivity contribution in [2.45, 2.75) is 115 Å². The molecular weight excluding hydrogens is 817 g/mol. The van der Waals surface area contributed by atoms with Gasteiger partial charge >= 0.3 is 21.6 Å². The maximum Gasteiger partial charge on any atom is 0.481 e. The topological polar surface area (TPSA) is 201 Å². The van der Waals surface area contributed by atoms with Crippen molar-refractivity contribution >= 4 is 50.2 Å². The number of allylic oxidation sites excluding steroid dienone is 4. The van der Waals surface area contributed by atoms with Crippen LogP contribution in [0.2, 0.25) is 0 Å². The minimum atomic E-state index is -5.85. The molecule has 5 rings (SSSR count). The van der Waals surface area contributed by atoms with Crippen molar-refractivity contribution in [3.63, 3.8) is 0 Å². The van der Waals surface area contributed by atoms with Gasteiger partial charge in [-0.1, -0.05) is 39.2 Å². The Labute approximate surface area is 334 Å². The molecule has 0 heterocycles. The number of rotatable bonds is 15. The first kappa shape index (κ1) is 45.8. The van der Waals surface area contributed by atoms with E-state index < -0.39 is 122 Å². The number of fused-ring (bicyclic) bond motifs is 5. The zero-order valence-corrected chi connectivity index (χ0v) is 34.8. The molecule has 3 saturated carbocycles. The van der Waals surface area contributed by atoms with Crippen molar-refractivity contribution < 1.29 is 74.1 Å². The number of carbonyl (C=O) groups is 4. The first-order chi connectivity index (χ1) is 26.7. The molecule has 57 heavy (non-hydrogen) atoms. The Kier molecular flexibility index (Phi) is 14.2. The normalized spacial score (nSPS) is 38.0. The quantitative estimate of drug-likeness (QED) is 0.0732. The summed E-state index contributed by atoms with van der Waals surface area (Å²) >= 11 is 0.225. The Hall–Kier alpha value is -2.32. The third-order valence-corrected chi connectivity index (χ3v) is 15.6. The molecule has 3 N–H and O–H groups in total. The average molecular weight is 868 g/mol. The summed E-state index contributed by atoms with van der Waals surface area (Å²) in [5.41, 5.74) is -8.93. The summed E-state index contributed by atoms with van der Waals surface area (Å²) in [6.45, 7) is 4.38. The molecule has 318 valence electrons. The van der Waals surface area contributed by atoms with Crippen LogP contribution < -0.4 is 5.32 Å². The smallest absolute Gasteiger partial charge is 0.449 e. The summed E-state index contributed by atoms with van der Waals surface area (Å²) < 4.78 is 102. The van der Waals surface area contributed by atoms with Gasteiger partial charge in [-0.2, -0.15) is 4.31 Å². The van der Waals surface area contributed by atoms with E-state index >= 15 is 8.78 Å². The van der Waals surface area contributed by atoms with Crippen LogP contribution in [-0.2, 0) is 51.1 Å². The fraction of sp³-hybridized carbons (Fsp3) is 0.730. The molecule has 3 fully saturated rings. The highest BCUT2D eigenvalue weighted by Crippen LogP contribution is 2.74. The van der Waals surface area contributed by atoms with Gasteiger partial charge in [0.2, 0.25) is 11.0 Å². The van der Waals surface area contributed by atoms with Crippen molar-refractivity contribution in [2.24, 2.45) is 28.6 Å². The van der Waals surface area contributed by atoms with E-state index in [1.54, 1.807) is 6.92 Å². The van der Waals surface area contributed by atoms with Gasteiger partial charge in [-0.15, -0.1) is 5.92 Å². The van der Waals surface area contributed by atoms with Gasteiger partial charge in [0.1, 0.15) is 31.0 Å². The molecule has 1 amide bonds. The number of nitrogens with one attached hydrogen (secondary N) is 1. The van der Waals surface area contributed by atoms with Gasteiger partial charge < -0.3 is 24.6 Å². The monoisotopic (exact) mass is 867 g/mol. The summed E-state index contributed by atoms with van der Waals surface area (Å²) in [6, 6.07) is -1.20. The highest BCUT2D eigenvalue weighted by atomic mass is 32.2. The van der Waals surface area contributed by atoms with Crippen LogP contribution in [0.15, 0.2) is 23.8 Å². The van der Waals surface area contributed by atoms with Crippen molar-refractivity contribution in [3.05, 3.63) is 23.8 Å². The van der Waals surface area contributed by atoms with Gasteiger partial charge in [-0.25, -0.2) is 22.3 Å². The van der Waals surface area contributed by atoms with E-state index in [1.165, 1.54) is 20.8 Å². The van der Waals surface area contributed by atoms with Crippen LogP contribution in [0.5, 0.6) is 0 Å². The third kappa shape index (κ3) is 8.93. The van der Waals surface area contributed by atoms with Crippen molar-refractivity contribution in [1.82, 2.24) is 5.32 Å².